The van der Waals surface area contributed by atoms with E-state index < -0.39 is 0 Å². The van der Waals surface area contributed by atoms with Gasteiger partial charge in [-0.25, -0.2) is 0 Å². The van der Waals surface area contributed by atoms with Gasteiger partial charge in [0.2, 0.25) is 0 Å². The zero-order valence-electron chi connectivity index (χ0n) is 9.39. The molecule has 2 heterocycles. The highest BCUT2D eigenvalue weighted by Crippen LogP contribution is 2.08. The molecule has 1 aromatic heterocycles. The minimum Gasteiger partial charge on any atom is -0.317 e. The van der Waals surface area contributed by atoms with Crippen LogP contribution in [-0.2, 0) is 0 Å². The van der Waals surface area contributed by atoms with Gasteiger partial charge < -0.3 is 5.32 Å². The van der Waals surface area contributed by atoms with E-state index in [2.05, 4.69) is 15.5 Å². The maximum Gasteiger partial charge on any atom is 0.0574 e. The molecule has 3 heteroatoms. The van der Waals surface area contributed by atoms with Crippen molar-refractivity contribution < 1.29 is 0 Å². The lowest BCUT2D eigenvalue weighted by Crippen LogP contribution is -2.21. The van der Waals surface area contributed by atoms with Crippen molar-refractivity contribution in [3.05, 3.63) is 36.7 Å². The molecular weight excluding hydrogens is 198 g/mol. The second-order valence-corrected chi connectivity index (χ2v) is 3.93. The van der Waals surface area contributed by atoms with Gasteiger partial charge in [0.05, 0.1) is 12.4 Å². The summed E-state index contributed by atoms with van der Waals surface area (Å²) in [4.78, 5) is 0. The Kier molecular flexibility index (Phi) is 4.26. The van der Waals surface area contributed by atoms with Gasteiger partial charge >= 0.3 is 0 Å². The lowest BCUT2D eigenvalue weighted by atomic mass is 10.2. The van der Waals surface area contributed by atoms with Gasteiger partial charge in [0.25, 0.3) is 0 Å². The summed E-state index contributed by atoms with van der Waals surface area (Å²) in [5, 5.41) is 13.1. The van der Waals surface area contributed by atoms with Crippen molar-refractivity contribution in [3.8, 4) is 0 Å². The normalized spacial score (nSPS) is 15.2. The molecule has 84 valence electrons. The van der Waals surface area contributed by atoms with Gasteiger partial charge in [0.1, 0.15) is 0 Å². The number of aromatic nitrogens is 2. The highest BCUT2D eigenvalue weighted by atomic mass is 15.1. The van der Waals surface area contributed by atoms with Crippen LogP contribution in [0, 0.1) is 0 Å². The fourth-order valence-electron chi connectivity index (χ4n) is 1.74. The van der Waals surface area contributed by atoms with E-state index in [0.717, 1.165) is 10.8 Å². The van der Waals surface area contributed by atoms with Gasteiger partial charge in [-0.05, 0) is 25.9 Å². The van der Waals surface area contributed by atoms with E-state index in [1.165, 1.54) is 32.4 Å². The Morgan fingerprint density at radius 3 is 1.75 bits per heavy atom. The smallest absolute Gasteiger partial charge is 0.0574 e. The third kappa shape index (κ3) is 3.28. The van der Waals surface area contributed by atoms with Crippen LogP contribution in [0.2, 0.25) is 0 Å². The van der Waals surface area contributed by atoms with E-state index >= 15 is 0 Å². The minimum atomic E-state index is 1.14. The molecule has 1 aliphatic heterocycles. The summed E-state index contributed by atoms with van der Waals surface area (Å²) >= 11 is 0. The first-order chi connectivity index (χ1) is 7.97. The number of fused-ring (bicyclic) bond motifs is 1. The second kappa shape index (κ2) is 6.18. The van der Waals surface area contributed by atoms with Gasteiger partial charge in [-0.2, -0.15) is 10.2 Å². The molecule has 3 nitrogen and oxygen atoms in total. The number of nitrogens with zero attached hydrogens (tertiary/aromatic N) is 2. The highest BCUT2D eigenvalue weighted by Gasteiger charge is 1.93. The molecule has 2 aromatic rings. The Morgan fingerprint density at radius 1 is 0.812 bits per heavy atom. The molecule has 16 heavy (non-hydrogen) atoms. The molecule has 1 N–H and O–H groups in total. The first-order valence-corrected chi connectivity index (χ1v) is 5.83. The largest absolute Gasteiger partial charge is 0.317 e. The monoisotopic (exact) mass is 215 g/mol. The predicted octanol–water partition coefficient (Wildman–Crippen LogP) is 2.39. The molecule has 0 bridgehead atoms. The Labute approximate surface area is 95.9 Å². The summed E-state index contributed by atoms with van der Waals surface area (Å²) in [6.07, 6.45) is 7.73. The first kappa shape index (κ1) is 11.0. The summed E-state index contributed by atoms with van der Waals surface area (Å²) in [7, 11) is 0. The van der Waals surface area contributed by atoms with Crippen LogP contribution in [-0.4, -0.2) is 23.3 Å². The number of piperidine rings is 1. The molecule has 0 saturated carbocycles. The van der Waals surface area contributed by atoms with Crippen molar-refractivity contribution >= 4 is 10.8 Å². The van der Waals surface area contributed by atoms with Crippen LogP contribution < -0.4 is 5.32 Å². The van der Waals surface area contributed by atoms with Gasteiger partial charge in [0.15, 0.2) is 0 Å². The summed E-state index contributed by atoms with van der Waals surface area (Å²) < 4.78 is 0. The molecule has 0 amide bonds. The number of hydrogen-bond donors (Lipinski definition) is 1. The zero-order valence-corrected chi connectivity index (χ0v) is 9.39. The summed E-state index contributed by atoms with van der Waals surface area (Å²) in [6.45, 7) is 2.50. The Morgan fingerprint density at radius 2 is 1.38 bits per heavy atom. The van der Waals surface area contributed by atoms with Crippen molar-refractivity contribution in [3.63, 3.8) is 0 Å². The van der Waals surface area contributed by atoms with Crippen LogP contribution >= 0.6 is 0 Å². The molecular formula is C13H17N3. The standard InChI is InChI=1S/C8H6N2.C5H11N/c1-2-4-8-6-10-9-5-7(8)3-1;1-2-4-6-5-3-1/h1-6H;6H,1-5H2. The van der Waals surface area contributed by atoms with Crippen LogP contribution in [0.25, 0.3) is 10.8 Å². The quantitative estimate of drug-likeness (QED) is 0.733. The van der Waals surface area contributed by atoms with E-state index in [4.69, 9.17) is 0 Å². The van der Waals surface area contributed by atoms with Crippen LogP contribution in [0.15, 0.2) is 36.7 Å². The molecule has 1 aromatic carbocycles. The summed E-state index contributed by atoms with van der Waals surface area (Å²) in [5.41, 5.74) is 0. The van der Waals surface area contributed by atoms with Crippen molar-refractivity contribution in [2.24, 2.45) is 0 Å². The van der Waals surface area contributed by atoms with Crippen molar-refractivity contribution in [1.29, 1.82) is 0 Å². The second-order valence-electron chi connectivity index (χ2n) is 3.93. The van der Waals surface area contributed by atoms with E-state index in [1.807, 2.05) is 24.3 Å². The molecule has 0 spiro atoms. The molecule has 0 atom stereocenters. The van der Waals surface area contributed by atoms with Crippen LogP contribution in [0.4, 0.5) is 0 Å². The predicted molar refractivity (Wildman–Crippen MR) is 66.3 cm³/mol. The zero-order chi connectivity index (χ0) is 11.1. The van der Waals surface area contributed by atoms with Gasteiger partial charge in [0, 0.05) is 10.8 Å². The third-order valence-electron chi connectivity index (χ3n) is 2.66. The van der Waals surface area contributed by atoms with Crippen molar-refractivity contribution in [1.82, 2.24) is 15.5 Å². The molecule has 1 aliphatic rings. The SMILES string of the molecule is C1CCNCC1.c1ccc2cnncc2c1. The lowest BCUT2D eigenvalue weighted by Gasteiger charge is -2.08. The molecule has 0 unspecified atom stereocenters. The number of rotatable bonds is 0. The average molecular weight is 215 g/mol. The van der Waals surface area contributed by atoms with Gasteiger partial charge in [-0.1, -0.05) is 30.7 Å². The molecule has 0 radical (unpaired) electrons. The van der Waals surface area contributed by atoms with Crippen LogP contribution in [0.5, 0.6) is 0 Å². The van der Waals surface area contributed by atoms with Crippen LogP contribution in [0.1, 0.15) is 19.3 Å². The average Bonchev–Trinajstić information content (AvgIpc) is 2.42. The number of nitrogens with one attached hydrogen (secondary N) is 1. The third-order valence-corrected chi connectivity index (χ3v) is 2.66. The van der Waals surface area contributed by atoms with E-state index in [-0.39, 0.29) is 0 Å². The van der Waals surface area contributed by atoms with Crippen molar-refractivity contribution in [2.45, 2.75) is 19.3 Å². The number of benzene rings is 1. The summed E-state index contributed by atoms with van der Waals surface area (Å²) in [6, 6.07) is 8.02. The minimum absolute atomic E-state index is 1.14. The Bertz CT molecular complexity index is 347. The highest BCUT2D eigenvalue weighted by molar-refractivity contribution is 5.80. The summed E-state index contributed by atoms with van der Waals surface area (Å²) in [5.74, 6) is 0. The fraction of sp³-hybridized carbons (Fsp3) is 0.385. The molecule has 3 rings (SSSR count). The molecule has 1 saturated heterocycles. The Hall–Kier alpha value is -1.48. The van der Waals surface area contributed by atoms with E-state index in [0.29, 0.717) is 0 Å². The van der Waals surface area contributed by atoms with Crippen molar-refractivity contribution in [2.75, 3.05) is 13.1 Å². The van der Waals surface area contributed by atoms with Gasteiger partial charge in [-0.3, -0.25) is 0 Å². The lowest BCUT2D eigenvalue weighted by molar-refractivity contribution is 0.520. The maximum absolute atomic E-state index is 3.76. The maximum atomic E-state index is 3.76. The first-order valence-electron chi connectivity index (χ1n) is 5.83. The molecule has 0 aliphatic carbocycles. The number of hydrogen-bond acceptors (Lipinski definition) is 3. The van der Waals surface area contributed by atoms with E-state index in [9.17, 15) is 0 Å². The Balaban J connectivity index is 0.000000138. The topological polar surface area (TPSA) is 37.8 Å². The molecule has 1 fully saturated rings. The van der Waals surface area contributed by atoms with E-state index in [1.54, 1.807) is 12.4 Å². The van der Waals surface area contributed by atoms with Crippen LogP contribution in [0.3, 0.4) is 0 Å². The fourth-order valence-corrected chi connectivity index (χ4v) is 1.74. The van der Waals surface area contributed by atoms with Gasteiger partial charge in [-0.15, -0.1) is 0 Å².